The molecule has 134 valence electrons. The number of carboxylic acids is 1. The van der Waals surface area contributed by atoms with Gasteiger partial charge in [-0.2, -0.15) is 0 Å². The number of amides is 1. The zero-order valence-electron chi connectivity index (χ0n) is 13.8. The van der Waals surface area contributed by atoms with Crippen molar-refractivity contribution in [2.75, 3.05) is 13.1 Å². The fourth-order valence-electron chi connectivity index (χ4n) is 2.51. The Morgan fingerprint density at radius 2 is 1.96 bits per heavy atom. The van der Waals surface area contributed by atoms with Gasteiger partial charge in [0.05, 0.1) is 6.04 Å². The number of aliphatic imine (C=N–C) groups is 1. The Morgan fingerprint density at radius 3 is 2.56 bits per heavy atom. The molecule has 1 aliphatic rings. The molecule has 25 heavy (non-hydrogen) atoms. The number of nitrogens with zero attached hydrogens (tertiary/aromatic N) is 2. The highest BCUT2D eigenvalue weighted by molar-refractivity contribution is 6.16. The Kier molecular flexibility index (Phi) is 6.26. The molecule has 6 N–H and O–H groups in total. The summed E-state index contributed by atoms with van der Waals surface area (Å²) >= 11 is 0. The van der Waals surface area contributed by atoms with Crippen LogP contribution in [-0.4, -0.2) is 52.0 Å². The molecule has 0 saturated heterocycles. The normalized spacial score (nSPS) is 17.0. The molecule has 1 heterocycles. The molecule has 8 nitrogen and oxygen atoms in total. The monoisotopic (exact) mass is 346 g/mol. The summed E-state index contributed by atoms with van der Waals surface area (Å²) < 4.78 is 0. The van der Waals surface area contributed by atoms with Gasteiger partial charge < -0.3 is 21.7 Å². The molecule has 1 aromatic rings. The number of aromatic hydroxyl groups is 1. The summed E-state index contributed by atoms with van der Waals surface area (Å²) in [5.41, 5.74) is 12.4. The molecule has 8 heteroatoms. The third-order valence-corrected chi connectivity index (χ3v) is 3.77. The maximum Gasteiger partial charge on any atom is 0.323 e. The highest BCUT2D eigenvalue weighted by Crippen LogP contribution is 2.21. The number of rotatable bonds is 8. The van der Waals surface area contributed by atoms with Gasteiger partial charge in [0.15, 0.2) is 0 Å². The topological polar surface area (TPSA) is 142 Å². The second kappa shape index (κ2) is 8.41. The highest BCUT2D eigenvalue weighted by Gasteiger charge is 2.34. The average molecular weight is 346 g/mol. The fraction of sp³-hybridized carbons (Fsp3) is 0.353. The van der Waals surface area contributed by atoms with Gasteiger partial charge in [-0.05, 0) is 43.2 Å². The van der Waals surface area contributed by atoms with Crippen molar-refractivity contribution in [1.82, 2.24) is 4.90 Å². The number of nitrogens with two attached hydrogens (primary N) is 2. The van der Waals surface area contributed by atoms with Gasteiger partial charge in [-0.1, -0.05) is 18.6 Å². The minimum absolute atomic E-state index is 0.110. The number of carbonyl (C=O) groups excluding carboxylic acids is 1. The van der Waals surface area contributed by atoms with Crippen LogP contribution in [0.5, 0.6) is 5.75 Å². The van der Waals surface area contributed by atoms with Crippen molar-refractivity contribution in [1.29, 1.82) is 0 Å². The highest BCUT2D eigenvalue weighted by atomic mass is 16.4. The van der Waals surface area contributed by atoms with E-state index in [0.29, 0.717) is 18.5 Å². The zero-order chi connectivity index (χ0) is 18.4. The predicted octanol–water partition coefficient (Wildman–Crippen LogP) is 0.515. The van der Waals surface area contributed by atoms with Crippen LogP contribution in [-0.2, 0) is 9.59 Å². The van der Waals surface area contributed by atoms with E-state index in [1.54, 1.807) is 12.1 Å². The maximum absolute atomic E-state index is 12.5. The molecule has 1 aliphatic heterocycles. The standard InChI is InChI=1S/C17H22N4O4/c18-8-2-1-3-13(19)16-20-14(17(25)21(16)10-15(23)24)9-11-4-6-12(22)7-5-11/h4-7,9,13,22H,1-3,8,10,18-19H2,(H,23,24)/b14-9-/t13-/m0/s1. The molecule has 1 amide bonds. The molecule has 0 aromatic heterocycles. The minimum Gasteiger partial charge on any atom is -0.508 e. The molecule has 0 fully saturated rings. The van der Waals surface area contributed by atoms with E-state index in [-0.39, 0.29) is 17.3 Å². The molecule has 0 bridgehead atoms. The second-order valence-electron chi connectivity index (χ2n) is 5.77. The predicted molar refractivity (Wildman–Crippen MR) is 93.7 cm³/mol. The maximum atomic E-state index is 12.5. The number of phenols is 1. The van der Waals surface area contributed by atoms with Crippen molar-refractivity contribution < 1.29 is 19.8 Å². The van der Waals surface area contributed by atoms with E-state index in [9.17, 15) is 14.7 Å². The van der Waals surface area contributed by atoms with E-state index in [4.69, 9.17) is 16.6 Å². The van der Waals surface area contributed by atoms with Crippen LogP contribution in [0.2, 0.25) is 0 Å². The zero-order valence-corrected chi connectivity index (χ0v) is 13.8. The van der Waals surface area contributed by atoms with Crippen molar-refractivity contribution in [2.24, 2.45) is 16.5 Å². The minimum atomic E-state index is -1.14. The van der Waals surface area contributed by atoms with Crippen LogP contribution in [0.3, 0.4) is 0 Å². The Balaban J connectivity index is 2.26. The molecule has 0 unspecified atom stereocenters. The number of benzene rings is 1. The summed E-state index contributed by atoms with van der Waals surface area (Å²) in [5.74, 6) is -1.27. The van der Waals surface area contributed by atoms with Crippen LogP contribution in [0.1, 0.15) is 24.8 Å². The van der Waals surface area contributed by atoms with E-state index in [0.717, 1.165) is 17.7 Å². The van der Waals surface area contributed by atoms with E-state index in [2.05, 4.69) is 4.99 Å². The van der Waals surface area contributed by atoms with Crippen molar-refractivity contribution >= 4 is 23.8 Å². The molecule has 0 spiro atoms. The smallest absolute Gasteiger partial charge is 0.323 e. The number of amidine groups is 1. The lowest BCUT2D eigenvalue weighted by Gasteiger charge is -2.20. The van der Waals surface area contributed by atoms with Gasteiger partial charge >= 0.3 is 5.97 Å². The average Bonchev–Trinajstić information content (AvgIpc) is 2.86. The lowest BCUT2D eigenvalue weighted by Crippen LogP contribution is -2.45. The number of hydrogen-bond acceptors (Lipinski definition) is 6. The Bertz CT molecular complexity index is 697. The molecular weight excluding hydrogens is 324 g/mol. The number of phenolic OH excluding ortho intramolecular Hbond substituents is 1. The summed E-state index contributed by atoms with van der Waals surface area (Å²) in [6.45, 7) is 0.0537. The summed E-state index contributed by atoms with van der Waals surface area (Å²) in [4.78, 5) is 29.0. The summed E-state index contributed by atoms with van der Waals surface area (Å²) in [7, 11) is 0. The van der Waals surface area contributed by atoms with Crippen LogP contribution >= 0.6 is 0 Å². The Labute approximate surface area is 145 Å². The van der Waals surface area contributed by atoms with Crippen LogP contribution in [0.15, 0.2) is 35.0 Å². The molecule has 2 rings (SSSR count). The Hall–Kier alpha value is -2.71. The van der Waals surface area contributed by atoms with E-state index in [1.807, 2.05) is 0 Å². The number of aliphatic carboxylic acids is 1. The van der Waals surface area contributed by atoms with Gasteiger partial charge in [-0.3, -0.25) is 14.5 Å². The lowest BCUT2D eigenvalue weighted by atomic mass is 10.1. The Morgan fingerprint density at radius 1 is 1.28 bits per heavy atom. The number of unbranched alkanes of at least 4 members (excludes halogenated alkanes) is 1. The molecule has 0 saturated carbocycles. The largest absolute Gasteiger partial charge is 0.508 e. The van der Waals surface area contributed by atoms with E-state index >= 15 is 0 Å². The number of hydrogen-bond donors (Lipinski definition) is 4. The summed E-state index contributed by atoms with van der Waals surface area (Å²) in [6.07, 6.45) is 3.66. The molecule has 0 aliphatic carbocycles. The molecule has 1 atom stereocenters. The molecule has 1 aromatic carbocycles. The lowest BCUT2D eigenvalue weighted by molar-refractivity contribution is -0.140. The van der Waals surface area contributed by atoms with Crippen LogP contribution in [0.25, 0.3) is 6.08 Å². The van der Waals surface area contributed by atoms with Crippen LogP contribution < -0.4 is 11.5 Å². The third-order valence-electron chi connectivity index (χ3n) is 3.77. The summed E-state index contributed by atoms with van der Waals surface area (Å²) in [6, 6.07) is 5.70. The number of carbonyl (C=O) groups is 2. The molecular formula is C17H22N4O4. The first-order chi connectivity index (χ1) is 11.9. The first-order valence-electron chi connectivity index (χ1n) is 8.01. The second-order valence-corrected chi connectivity index (χ2v) is 5.77. The SMILES string of the molecule is NCCCC[C@H](N)C1=N/C(=C\c2ccc(O)cc2)C(=O)N1CC(=O)O. The quantitative estimate of drug-likeness (QED) is 0.399. The van der Waals surface area contributed by atoms with Crippen molar-refractivity contribution in [3.63, 3.8) is 0 Å². The van der Waals surface area contributed by atoms with Crippen molar-refractivity contribution in [3.8, 4) is 5.75 Å². The molecule has 0 radical (unpaired) electrons. The van der Waals surface area contributed by atoms with E-state index < -0.39 is 24.5 Å². The van der Waals surface area contributed by atoms with Crippen LogP contribution in [0.4, 0.5) is 0 Å². The van der Waals surface area contributed by atoms with E-state index in [1.165, 1.54) is 18.2 Å². The van der Waals surface area contributed by atoms with Gasteiger partial charge in [0.1, 0.15) is 23.8 Å². The van der Waals surface area contributed by atoms with Gasteiger partial charge in [0, 0.05) is 0 Å². The third kappa shape index (κ3) is 4.88. The van der Waals surface area contributed by atoms with Gasteiger partial charge in [0.2, 0.25) is 0 Å². The van der Waals surface area contributed by atoms with Crippen LogP contribution in [0, 0.1) is 0 Å². The van der Waals surface area contributed by atoms with Crippen molar-refractivity contribution in [3.05, 3.63) is 35.5 Å². The van der Waals surface area contributed by atoms with Gasteiger partial charge in [0.25, 0.3) is 5.91 Å². The first-order valence-corrected chi connectivity index (χ1v) is 8.01. The van der Waals surface area contributed by atoms with Gasteiger partial charge in [-0.15, -0.1) is 0 Å². The first kappa shape index (κ1) is 18.6. The van der Waals surface area contributed by atoms with Crippen molar-refractivity contribution in [2.45, 2.75) is 25.3 Å². The fourth-order valence-corrected chi connectivity index (χ4v) is 2.51. The summed E-state index contributed by atoms with van der Waals surface area (Å²) in [5, 5.41) is 18.4. The van der Waals surface area contributed by atoms with Gasteiger partial charge in [-0.25, -0.2) is 4.99 Å². The number of carboxylic acid groups (broad SMARTS) is 1.